The van der Waals surface area contributed by atoms with E-state index in [-0.39, 0.29) is 25.0 Å². The second-order valence-corrected chi connectivity index (χ2v) is 10.0. The van der Waals surface area contributed by atoms with Gasteiger partial charge in [0.25, 0.3) is 5.89 Å². The van der Waals surface area contributed by atoms with Crippen molar-refractivity contribution in [1.29, 1.82) is 0 Å². The predicted octanol–water partition coefficient (Wildman–Crippen LogP) is 6.71. The van der Waals surface area contributed by atoms with Crippen LogP contribution in [0, 0.1) is 6.92 Å². The van der Waals surface area contributed by atoms with Gasteiger partial charge in [-0.25, -0.2) is 0 Å². The Hall–Kier alpha value is -2.78. The van der Waals surface area contributed by atoms with Gasteiger partial charge in [-0.2, -0.15) is 0 Å². The van der Waals surface area contributed by atoms with E-state index in [0.29, 0.717) is 51.4 Å². The van der Waals surface area contributed by atoms with Crippen molar-refractivity contribution < 1.29 is 23.1 Å². The number of hydrogen-bond acceptors (Lipinski definition) is 8. The van der Waals surface area contributed by atoms with Crippen molar-refractivity contribution in [3.8, 4) is 17.4 Å². The predicted molar refractivity (Wildman–Crippen MR) is 147 cm³/mol. The zero-order valence-electron chi connectivity index (χ0n) is 21.0. The minimum absolute atomic E-state index is 0. The van der Waals surface area contributed by atoms with Crippen LogP contribution in [0.5, 0.6) is 5.75 Å². The second kappa shape index (κ2) is 12.4. The number of esters is 1. The molecule has 5 rings (SSSR count). The van der Waals surface area contributed by atoms with Crippen molar-refractivity contribution in [3.05, 3.63) is 64.0 Å². The fraction of sp³-hybridized carbons (Fsp3) is 0.370. The molecule has 1 aliphatic heterocycles. The van der Waals surface area contributed by atoms with Gasteiger partial charge in [0.05, 0.1) is 15.4 Å². The number of halogens is 3. The highest BCUT2D eigenvalue weighted by molar-refractivity contribution is 6.42. The molecule has 0 radical (unpaired) electrons. The van der Waals surface area contributed by atoms with E-state index in [1.54, 1.807) is 6.92 Å². The number of hydrogen-bond donors (Lipinski definition) is 0. The molecule has 2 aromatic carbocycles. The summed E-state index contributed by atoms with van der Waals surface area (Å²) in [7, 11) is 0. The van der Waals surface area contributed by atoms with E-state index in [9.17, 15) is 4.79 Å². The zero-order chi connectivity index (χ0) is 25.9. The molecule has 11 heteroatoms. The topological polar surface area (TPSA) is 90.8 Å². The van der Waals surface area contributed by atoms with E-state index >= 15 is 0 Å². The van der Waals surface area contributed by atoms with Crippen LogP contribution in [0.1, 0.15) is 37.1 Å². The van der Waals surface area contributed by atoms with Crippen LogP contribution in [0.25, 0.3) is 22.6 Å². The number of aryl methyl sites for hydroxylation is 1. The lowest BCUT2D eigenvalue weighted by Gasteiger charge is -2.34. The molecule has 0 amide bonds. The Kier molecular flexibility index (Phi) is 9.20. The molecule has 0 aliphatic carbocycles. The zero-order valence-corrected chi connectivity index (χ0v) is 23.3. The van der Waals surface area contributed by atoms with Crippen molar-refractivity contribution in [3.63, 3.8) is 0 Å². The van der Waals surface area contributed by atoms with E-state index in [1.807, 2.05) is 42.5 Å². The highest BCUT2D eigenvalue weighted by atomic mass is 35.5. The summed E-state index contributed by atoms with van der Waals surface area (Å²) in [6.45, 7) is 5.70. The summed E-state index contributed by atoms with van der Waals surface area (Å²) < 4.78 is 23.1. The Labute approximate surface area is 236 Å². The molecular formula is C27H28Cl3N3O5. The van der Waals surface area contributed by atoms with Gasteiger partial charge in [0.1, 0.15) is 24.0 Å². The second-order valence-electron chi connectivity index (χ2n) is 9.20. The van der Waals surface area contributed by atoms with Gasteiger partial charge in [0.15, 0.2) is 5.76 Å². The number of likely N-dealkylation sites (tertiary alicyclic amines) is 1. The fourth-order valence-electron chi connectivity index (χ4n) is 4.71. The summed E-state index contributed by atoms with van der Waals surface area (Å²) in [6.07, 6.45) is 1.55. The molecule has 0 unspecified atom stereocenters. The van der Waals surface area contributed by atoms with Gasteiger partial charge in [-0.1, -0.05) is 35.3 Å². The molecule has 3 heterocycles. The molecule has 0 spiro atoms. The fourth-order valence-corrected chi connectivity index (χ4v) is 5.01. The summed E-state index contributed by atoms with van der Waals surface area (Å²) in [5, 5.41) is 9.80. The van der Waals surface area contributed by atoms with E-state index in [0.717, 1.165) is 31.3 Å². The third-order valence-corrected chi connectivity index (χ3v) is 7.22. The molecule has 0 saturated carbocycles. The Bertz CT molecular complexity index is 1400. The first-order chi connectivity index (χ1) is 17.9. The molecule has 1 fully saturated rings. The van der Waals surface area contributed by atoms with Gasteiger partial charge in [0, 0.05) is 26.5 Å². The van der Waals surface area contributed by atoms with Crippen LogP contribution in [0.15, 0.2) is 51.3 Å². The molecule has 8 nitrogen and oxygen atoms in total. The maximum atomic E-state index is 11.8. The molecular weight excluding hydrogens is 553 g/mol. The third-order valence-electron chi connectivity index (χ3n) is 6.48. The lowest BCUT2D eigenvalue weighted by atomic mass is 9.89. The number of rotatable bonds is 8. The van der Waals surface area contributed by atoms with Crippen LogP contribution < -0.4 is 4.74 Å². The molecule has 4 aromatic rings. The van der Waals surface area contributed by atoms with Crippen molar-refractivity contribution in [1.82, 2.24) is 15.1 Å². The number of carbonyl (C=O) groups excluding carboxylic acids is 1. The number of benzene rings is 2. The maximum absolute atomic E-state index is 11.8. The summed E-state index contributed by atoms with van der Waals surface area (Å²) >= 11 is 12.3. The maximum Gasteiger partial charge on any atom is 0.303 e. The monoisotopic (exact) mass is 579 g/mol. The van der Waals surface area contributed by atoms with Gasteiger partial charge in [-0.3, -0.25) is 9.69 Å². The normalized spacial score (nSPS) is 15.3. The number of ether oxygens (including phenoxy) is 2. The molecule has 38 heavy (non-hydrogen) atoms. The Balaban J connectivity index is 0.00000336. The average molecular weight is 581 g/mol. The van der Waals surface area contributed by atoms with Crippen LogP contribution in [-0.2, 0) is 9.53 Å². The summed E-state index contributed by atoms with van der Waals surface area (Å²) in [5.41, 5.74) is 1.84. The van der Waals surface area contributed by atoms with Crippen LogP contribution in [0.4, 0.5) is 0 Å². The van der Waals surface area contributed by atoms with Gasteiger partial charge in [-0.15, -0.1) is 22.6 Å². The van der Waals surface area contributed by atoms with E-state index in [1.165, 1.54) is 12.5 Å². The van der Waals surface area contributed by atoms with Gasteiger partial charge >= 0.3 is 5.97 Å². The van der Waals surface area contributed by atoms with Crippen molar-refractivity contribution in [2.45, 2.75) is 38.7 Å². The van der Waals surface area contributed by atoms with Crippen LogP contribution in [0.2, 0.25) is 10.0 Å². The molecule has 202 valence electrons. The number of aromatic nitrogens is 2. The van der Waals surface area contributed by atoms with E-state index < -0.39 is 6.10 Å². The average Bonchev–Trinajstić information content (AvgIpc) is 3.51. The summed E-state index contributed by atoms with van der Waals surface area (Å²) in [5.74, 6) is 1.94. The number of piperidine rings is 1. The highest BCUT2D eigenvalue weighted by Crippen LogP contribution is 2.34. The molecule has 1 aliphatic rings. The van der Waals surface area contributed by atoms with E-state index in [2.05, 4.69) is 15.1 Å². The first kappa shape index (κ1) is 28.2. The van der Waals surface area contributed by atoms with Gasteiger partial charge in [0.2, 0.25) is 5.89 Å². The smallest absolute Gasteiger partial charge is 0.303 e. The van der Waals surface area contributed by atoms with Crippen LogP contribution in [-0.4, -0.2) is 53.4 Å². The molecule has 1 saturated heterocycles. The minimum Gasteiger partial charge on any atom is -0.489 e. The summed E-state index contributed by atoms with van der Waals surface area (Å²) in [4.78, 5) is 14.1. The Morgan fingerprint density at radius 1 is 1.11 bits per heavy atom. The van der Waals surface area contributed by atoms with E-state index in [4.69, 9.17) is 41.5 Å². The first-order valence-electron chi connectivity index (χ1n) is 12.2. The van der Waals surface area contributed by atoms with Crippen LogP contribution >= 0.6 is 35.6 Å². The number of fused-ring (bicyclic) bond motifs is 1. The number of furan rings is 1. The van der Waals surface area contributed by atoms with Gasteiger partial charge in [-0.05, 0) is 61.7 Å². The lowest BCUT2D eigenvalue weighted by Crippen LogP contribution is -2.42. The van der Waals surface area contributed by atoms with Crippen molar-refractivity contribution in [2.75, 3.05) is 26.2 Å². The van der Waals surface area contributed by atoms with Crippen molar-refractivity contribution >= 4 is 52.5 Å². The summed E-state index contributed by atoms with van der Waals surface area (Å²) in [6, 6.07) is 13.2. The minimum atomic E-state index is -0.417. The van der Waals surface area contributed by atoms with Crippen molar-refractivity contribution in [2.24, 2.45) is 0 Å². The highest BCUT2D eigenvalue weighted by Gasteiger charge is 2.25. The third kappa shape index (κ3) is 6.61. The Morgan fingerprint density at radius 3 is 2.58 bits per heavy atom. The lowest BCUT2D eigenvalue weighted by molar-refractivity contribution is -0.149. The number of nitrogens with zero attached hydrogens (tertiary/aromatic N) is 3. The quantitative estimate of drug-likeness (QED) is 0.212. The van der Waals surface area contributed by atoms with Crippen LogP contribution in [0.3, 0.4) is 0 Å². The SMILES string of the molecule is CC(=O)O[C@H](COc1cccc2oc(-c3nnc(C)o3)cc12)CN1CCC(c2ccc(Cl)c(Cl)c2)CC1.Cl. The Morgan fingerprint density at radius 2 is 1.89 bits per heavy atom. The first-order valence-corrected chi connectivity index (χ1v) is 12.9. The van der Waals surface area contributed by atoms with Gasteiger partial charge < -0.3 is 18.3 Å². The standard InChI is InChI=1S/C27H27Cl2N3O5.ClH/c1-16-30-31-27(35-16)26-13-21-24(4-3-5-25(21)37-26)34-15-20(36-17(2)33)14-32-10-8-18(9-11-32)19-6-7-22(28)23(29)12-19;/h3-7,12-13,18,20H,8-11,14-15H2,1-2H3;1H/t20-;/m0./s1. The molecule has 1 atom stereocenters. The largest absolute Gasteiger partial charge is 0.489 e. The molecule has 0 bridgehead atoms. The number of carbonyl (C=O) groups is 1. The molecule has 0 N–H and O–H groups in total. The molecule has 2 aromatic heterocycles.